The largest absolute Gasteiger partial charge is 0.353 e. The average molecular weight is 333 g/mol. The Bertz CT molecular complexity index is 589. The molecule has 0 aliphatic rings. The van der Waals surface area contributed by atoms with Gasteiger partial charge in [-0.15, -0.1) is 12.4 Å². The van der Waals surface area contributed by atoms with Gasteiger partial charge in [-0.05, 0) is 18.1 Å². The second-order valence-electron chi connectivity index (χ2n) is 5.78. The zero-order valence-corrected chi connectivity index (χ0v) is 14.4. The Morgan fingerprint density at radius 3 is 1.96 bits per heavy atom. The second kappa shape index (κ2) is 9.33. The molecule has 124 valence electrons. The van der Waals surface area contributed by atoms with Crippen LogP contribution in [0.2, 0.25) is 0 Å². The smallest absolute Gasteiger partial charge is 0.222 e. The summed E-state index contributed by atoms with van der Waals surface area (Å²) in [5.41, 5.74) is 8.31. The number of hydrogen-bond donors (Lipinski definition) is 2. The Morgan fingerprint density at radius 1 is 0.957 bits per heavy atom. The maximum absolute atomic E-state index is 12.2. The molecule has 0 spiro atoms. The summed E-state index contributed by atoms with van der Waals surface area (Å²) in [6, 6.07) is 19.7. The molecule has 3 unspecified atom stereocenters. The van der Waals surface area contributed by atoms with Gasteiger partial charge in [0, 0.05) is 24.4 Å². The Morgan fingerprint density at radius 2 is 1.43 bits per heavy atom. The first kappa shape index (κ1) is 19.2. The summed E-state index contributed by atoms with van der Waals surface area (Å²) >= 11 is 0. The molecule has 3 atom stereocenters. The number of hydrogen-bond acceptors (Lipinski definition) is 2. The van der Waals surface area contributed by atoms with E-state index in [4.69, 9.17) is 5.73 Å². The van der Waals surface area contributed by atoms with Gasteiger partial charge < -0.3 is 11.1 Å². The molecule has 2 aromatic rings. The Labute approximate surface area is 144 Å². The zero-order valence-electron chi connectivity index (χ0n) is 13.6. The topological polar surface area (TPSA) is 55.1 Å². The van der Waals surface area contributed by atoms with E-state index < -0.39 is 0 Å². The minimum atomic E-state index is -0.263. The molecule has 23 heavy (non-hydrogen) atoms. The van der Waals surface area contributed by atoms with Gasteiger partial charge >= 0.3 is 0 Å². The fourth-order valence-electron chi connectivity index (χ4n) is 2.50. The van der Waals surface area contributed by atoms with Gasteiger partial charge in [0.25, 0.3) is 0 Å². The molecule has 3 nitrogen and oxygen atoms in total. The number of nitrogens with one attached hydrogen (secondary N) is 1. The first-order valence-electron chi connectivity index (χ1n) is 7.72. The number of carbonyl (C=O) groups is 1. The van der Waals surface area contributed by atoms with E-state index in [0.717, 1.165) is 5.56 Å². The number of nitrogens with two attached hydrogens (primary N) is 1. The minimum absolute atomic E-state index is 0. The predicted molar refractivity (Wildman–Crippen MR) is 97.7 cm³/mol. The molecule has 1 amide bonds. The number of rotatable bonds is 6. The van der Waals surface area contributed by atoms with Gasteiger partial charge in [-0.2, -0.15) is 0 Å². The lowest BCUT2D eigenvalue weighted by Gasteiger charge is -2.22. The first-order chi connectivity index (χ1) is 10.6. The van der Waals surface area contributed by atoms with Crippen molar-refractivity contribution in [2.75, 3.05) is 0 Å². The van der Waals surface area contributed by atoms with E-state index in [1.165, 1.54) is 5.56 Å². The van der Waals surface area contributed by atoms with Crippen LogP contribution in [0.3, 0.4) is 0 Å². The van der Waals surface area contributed by atoms with Crippen LogP contribution in [0.4, 0.5) is 0 Å². The standard InChI is InChI=1S/C19H24N2O.ClH/c1-14(16-9-5-3-6-10-16)15(2)21-19(22)13-18(20)17-11-7-4-8-12-17;/h3-12,14-15,18H,13,20H2,1-2H3,(H,21,22);1H. The van der Waals surface area contributed by atoms with Crippen molar-refractivity contribution in [1.29, 1.82) is 0 Å². The number of benzene rings is 2. The van der Waals surface area contributed by atoms with Crippen molar-refractivity contribution < 1.29 is 4.79 Å². The third kappa shape index (κ3) is 5.70. The number of halogens is 1. The van der Waals surface area contributed by atoms with E-state index in [0.29, 0.717) is 6.42 Å². The Kier molecular flexibility index (Phi) is 7.79. The van der Waals surface area contributed by atoms with E-state index in [9.17, 15) is 4.79 Å². The van der Waals surface area contributed by atoms with Gasteiger partial charge in [-0.3, -0.25) is 4.79 Å². The summed E-state index contributed by atoms with van der Waals surface area (Å²) in [4.78, 5) is 12.2. The third-order valence-electron chi connectivity index (χ3n) is 4.10. The first-order valence-corrected chi connectivity index (χ1v) is 7.72. The van der Waals surface area contributed by atoms with Crippen LogP contribution in [0, 0.1) is 0 Å². The minimum Gasteiger partial charge on any atom is -0.353 e. The van der Waals surface area contributed by atoms with Gasteiger partial charge in [0.05, 0.1) is 0 Å². The van der Waals surface area contributed by atoms with Crippen LogP contribution in [0.25, 0.3) is 0 Å². The van der Waals surface area contributed by atoms with Crippen LogP contribution < -0.4 is 11.1 Å². The Balaban J connectivity index is 0.00000264. The van der Waals surface area contributed by atoms with E-state index in [1.54, 1.807) is 0 Å². The Hall–Kier alpha value is -1.84. The third-order valence-corrected chi connectivity index (χ3v) is 4.10. The van der Waals surface area contributed by atoms with Crippen molar-refractivity contribution >= 4 is 18.3 Å². The lowest BCUT2D eigenvalue weighted by molar-refractivity contribution is -0.122. The number of amides is 1. The van der Waals surface area contributed by atoms with Crippen molar-refractivity contribution in [3.63, 3.8) is 0 Å². The molecule has 0 fully saturated rings. The summed E-state index contributed by atoms with van der Waals surface area (Å²) in [5.74, 6) is 0.254. The fourth-order valence-corrected chi connectivity index (χ4v) is 2.50. The van der Waals surface area contributed by atoms with Crippen molar-refractivity contribution in [3.05, 3.63) is 71.8 Å². The highest BCUT2D eigenvalue weighted by atomic mass is 35.5. The number of carbonyl (C=O) groups excluding carboxylic acids is 1. The van der Waals surface area contributed by atoms with Crippen LogP contribution in [0.1, 0.15) is 43.4 Å². The molecule has 0 heterocycles. The lowest BCUT2D eigenvalue weighted by atomic mass is 9.94. The van der Waals surface area contributed by atoms with Crippen molar-refractivity contribution in [2.45, 2.75) is 38.3 Å². The van der Waals surface area contributed by atoms with Crippen molar-refractivity contribution in [1.82, 2.24) is 5.32 Å². The molecule has 2 aromatic carbocycles. The van der Waals surface area contributed by atoms with Gasteiger partial charge in [-0.25, -0.2) is 0 Å². The highest BCUT2D eigenvalue weighted by Gasteiger charge is 2.18. The summed E-state index contributed by atoms with van der Waals surface area (Å²) < 4.78 is 0. The van der Waals surface area contributed by atoms with Crippen LogP contribution in [0.5, 0.6) is 0 Å². The van der Waals surface area contributed by atoms with Crippen molar-refractivity contribution in [2.24, 2.45) is 5.73 Å². The van der Waals surface area contributed by atoms with E-state index >= 15 is 0 Å². The van der Waals surface area contributed by atoms with Crippen LogP contribution >= 0.6 is 12.4 Å². The van der Waals surface area contributed by atoms with Crippen LogP contribution in [0.15, 0.2) is 60.7 Å². The van der Waals surface area contributed by atoms with Crippen LogP contribution in [-0.4, -0.2) is 11.9 Å². The quantitative estimate of drug-likeness (QED) is 0.845. The van der Waals surface area contributed by atoms with Gasteiger partial charge in [0.1, 0.15) is 0 Å². The van der Waals surface area contributed by atoms with Gasteiger partial charge in [0.2, 0.25) is 5.91 Å². The van der Waals surface area contributed by atoms with Crippen LogP contribution in [-0.2, 0) is 4.79 Å². The molecule has 0 bridgehead atoms. The molecule has 3 N–H and O–H groups in total. The monoisotopic (exact) mass is 332 g/mol. The van der Waals surface area contributed by atoms with Gasteiger partial charge in [0.15, 0.2) is 0 Å². The fraction of sp³-hybridized carbons (Fsp3) is 0.316. The molecule has 2 rings (SSSR count). The highest BCUT2D eigenvalue weighted by Crippen LogP contribution is 2.19. The van der Waals surface area contributed by atoms with E-state index in [1.807, 2.05) is 55.5 Å². The van der Waals surface area contributed by atoms with Crippen molar-refractivity contribution in [3.8, 4) is 0 Å². The molecule has 0 aliphatic heterocycles. The molecule has 4 heteroatoms. The summed E-state index contributed by atoms with van der Waals surface area (Å²) in [7, 11) is 0. The average Bonchev–Trinajstić information content (AvgIpc) is 2.55. The molecular weight excluding hydrogens is 308 g/mol. The molecule has 0 saturated carbocycles. The SMILES string of the molecule is CC(NC(=O)CC(N)c1ccccc1)C(C)c1ccccc1.Cl. The zero-order chi connectivity index (χ0) is 15.9. The maximum Gasteiger partial charge on any atom is 0.222 e. The summed E-state index contributed by atoms with van der Waals surface area (Å²) in [6.07, 6.45) is 0.301. The molecule has 0 aromatic heterocycles. The highest BCUT2D eigenvalue weighted by molar-refractivity contribution is 5.85. The maximum atomic E-state index is 12.2. The van der Waals surface area contributed by atoms with E-state index in [2.05, 4.69) is 24.4 Å². The summed E-state index contributed by atoms with van der Waals surface area (Å²) in [6.45, 7) is 4.15. The lowest BCUT2D eigenvalue weighted by Crippen LogP contribution is -2.37. The second-order valence-corrected chi connectivity index (χ2v) is 5.78. The molecule has 0 radical (unpaired) electrons. The normalized spacial score (nSPS) is 14.2. The predicted octanol–water partition coefficient (Wildman–Crippen LogP) is 3.81. The molecule has 0 saturated heterocycles. The van der Waals surface area contributed by atoms with Gasteiger partial charge in [-0.1, -0.05) is 67.6 Å². The van der Waals surface area contributed by atoms with E-state index in [-0.39, 0.29) is 36.3 Å². The summed E-state index contributed by atoms with van der Waals surface area (Å²) in [5, 5.41) is 3.06. The molecular formula is C19H25ClN2O. The molecule has 0 aliphatic carbocycles.